The molecule has 4 aromatic carbocycles. The Kier molecular flexibility index (Phi) is 9.74. The van der Waals surface area contributed by atoms with Gasteiger partial charge in [0.05, 0.1) is 11.4 Å². The van der Waals surface area contributed by atoms with Gasteiger partial charge in [-0.25, -0.2) is 0 Å². The minimum Gasteiger partial charge on any atom is -0.872 e. The first-order chi connectivity index (χ1) is 14.7. The molecule has 155 valence electrons. The van der Waals surface area contributed by atoms with Gasteiger partial charge in [0.25, 0.3) is 0 Å². The van der Waals surface area contributed by atoms with E-state index in [0.29, 0.717) is 11.1 Å². The van der Waals surface area contributed by atoms with Gasteiger partial charge in [-0.05, 0) is 35.4 Å². The molecule has 4 rings (SSSR count). The third-order valence-electron chi connectivity index (χ3n) is 4.06. The van der Waals surface area contributed by atoms with Crippen LogP contribution in [0.5, 0.6) is 11.5 Å². The summed E-state index contributed by atoms with van der Waals surface area (Å²) in [5.74, 6) is -0.00522. The average molecular weight is 451 g/mol. The van der Waals surface area contributed by atoms with Crippen LogP contribution in [0.4, 0.5) is 11.4 Å². The molecule has 0 saturated heterocycles. The first-order valence-electron chi connectivity index (χ1n) is 9.43. The van der Waals surface area contributed by atoms with Crippen LogP contribution in [0.3, 0.4) is 0 Å². The molecule has 0 aliphatic carbocycles. The second-order valence-corrected chi connectivity index (χ2v) is 6.26. The van der Waals surface area contributed by atoms with Gasteiger partial charge in [-0.1, -0.05) is 84.9 Å². The molecule has 0 amide bonds. The number of rotatable bonds is 4. The van der Waals surface area contributed by atoms with E-state index in [1.165, 1.54) is 12.1 Å². The molecular weight excluding hydrogens is 431 g/mol. The zero-order valence-electron chi connectivity index (χ0n) is 16.6. The Bertz CT molecular complexity index is 1020. The standard InChI is InChI=1S/2C13H11NO.Co/c2*15-13-9-5-4-6-11(13)10-14-12-7-2-1-3-8-12;/h2*1-10,15H;/q;;+2/p-2. The van der Waals surface area contributed by atoms with Crippen LogP contribution in [0.25, 0.3) is 0 Å². The summed E-state index contributed by atoms with van der Waals surface area (Å²) in [4.78, 5) is 8.42. The summed E-state index contributed by atoms with van der Waals surface area (Å²) >= 11 is 0. The molecule has 0 aliphatic heterocycles. The largest absolute Gasteiger partial charge is 2.00 e. The Hall–Kier alpha value is -3.67. The molecule has 0 unspecified atom stereocenters. The molecule has 0 saturated carbocycles. The van der Waals surface area contributed by atoms with Crippen LogP contribution in [-0.2, 0) is 16.8 Å². The van der Waals surface area contributed by atoms with Gasteiger partial charge in [0.2, 0.25) is 0 Å². The fourth-order valence-corrected chi connectivity index (χ4v) is 2.49. The molecule has 0 bridgehead atoms. The molecule has 31 heavy (non-hydrogen) atoms. The molecule has 0 aromatic heterocycles. The van der Waals surface area contributed by atoms with E-state index in [4.69, 9.17) is 0 Å². The van der Waals surface area contributed by atoms with Crippen molar-refractivity contribution in [2.75, 3.05) is 0 Å². The maximum absolute atomic E-state index is 11.3. The molecule has 0 fully saturated rings. The van der Waals surface area contributed by atoms with Crippen LogP contribution in [0, 0.1) is 0 Å². The van der Waals surface area contributed by atoms with Gasteiger partial charge < -0.3 is 10.2 Å². The van der Waals surface area contributed by atoms with E-state index in [1.54, 1.807) is 36.7 Å². The number of aliphatic imine (C=N–C) groups is 2. The van der Waals surface area contributed by atoms with Crippen molar-refractivity contribution >= 4 is 23.8 Å². The molecule has 0 aliphatic rings. The first kappa shape index (κ1) is 23.6. The zero-order valence-corrected chi connectivity index (χ0v) is 17.6. The predicted octanol–water partition coefficient (Wildman–Crippen LogP) is 5.02. The van der Waals surface area contributed by atoms with Gasteiger partial charge in [-0.15, -0.1) is 11.5 Å². The maximum Gasteiger partial charge on any atom is 2.00 e. The first-order valence-corrected chi connectivity index (χ1v) is 9.43. The molecule has 0 atom stereocenters. The molecule has 0 spiro atoms. The van der Waals surface area contributed by atoms with Crippen molar-refractivity contribution in [3.63, 3.8) is 0 Å². The summed E-state index contributed by atoms with van der Waals surface area (Å²) < 4.78 is 0. The summed E-state index contributed by atoms with van der Waals surface area (Å²) in [5, 5.41) is 22.7. The smallest absolute Gasteiger partial charge is 0.872 e. The Morgan fingerprint density at radius 1 is 0.452 bits per heavy atom. The van der Waals surface area contributed by atoms with Gasteiger partial charge >= 0.3 is 16.8 Å². The number of nitrogens with zero attached hydrogens (tertiary/aromatic N) is 2. The van der Waals surface area contributed by atoms with Crippen LogP contribution in [0.15, 0.2) is 119 Å². The summed E-state index contributed by atoms with van der Waals surface area (Å²) in [5.41, 5.74) is 2.92. The number of benzene rings is 4. The maximum atomic E-state index is 11.3. The van der Waals surface area contributed by atoms with E-state index in [1.807, 2.05) is 72.8 Å². The van der Waals surface area contributed by atoms with Crippen molar-refractivity contribution in [2.45, 2.75) is 0 Å². The second kappa shape index (κ2) is 12.8. The van der Waals surface area contributed by atoms with E-state index in [0.717, 1.165) is 11.4 Å². The van der Waals surface area contributed by atoms with E-state index >= 15 is 0 Å². The Labute approximate surface area is 192 Å². The number of hydrogen-bond acceptors (Lipinski definition) is 4. The third-order valence-corrected chi connectivity index (χ3v) is 4.06. The van der Waals surface area contributed by atoms with Gasteiger partial charge in [-0.2, -0.15) is 0 Å². The summed E-state index contributed by atoms with van der Waals surface area (Å²) in [6.45, 7) is 0. The van der Waals surface area contributed by atoms with Gasteiger partial charge in [0.15, 0.2) is 0 Å². The SMILES string of the molecule is [Co+2].[O-]c1ccccc1C=Nc1ccccc1.[O-]c1ccccc1C=Nc1ccccc1. The number of hydrogen-bond donors (Lipinski definition) is 0. The van der Waals surface area contributed by atoms with Crippen molar-refractivity contribution in [1.82, 2.24) is 0 Å². The molecule has 0 heterocycles. The predicted molar refractivity (Wildman–Crippen MR) is 119 cm³/mol. The molecule has 4 aromatic rings. The molecule has 5 heteroatoms. The normalized spacial score (nSPS) is 10.3. The zero-order chi connectivity index (χ0) is 21.0. The molecular formula is C26H20CoN2O2. The van der Waals surface area contributed by atoms with Crippen LogP contribution >= 0.6 is 0 Å². The average Bonchev–Trinajstić information content (AvgIpc) is 2.80. The van der Waals surface area contributed by atoms with Crippen molar-refractivity contribution in [2.24, 2.45) is 9.98 Å². The quantitative estimate of drug-likeness (QED) is 0.409. The van der Waals surface area contributed by atoms with Crippen molar-refractivity contribution in [3.05, 3.63) is 120 Å². The van der Waals surface area contributed by atoms with E-state index in [9.17, 15) is 10.2 Å². The summed E-state index contributed by atoms with van der Waals surface area (Å²) in [6, 6.07) is 32.8. The number of para-hydroxylation sites is 4. The van der Waals surface area contributed by atoms with Crippen LogP contribution in [0.2, 0.25) is 0 Å². The van der Waals surface area contributed by atoms with Crippen LogP contribution in [-0.4, -0.2) is 12.4 Å². The Morgan fingerprint density at radius 3 is 1.13 bits per heavy atom. The van der Waals surface area contributed by atoms with Crippen LogP contribution in [0.1, 0.15) is 11.1 Å². The van der Waals surface area contributed by atoms with E-state index in [2.05, 4.69) is 9.98 Å². The van der Waals surface area contributed by atoms with Crippen LogP contribution < -0.4 is 10.2 Å². The minimum absolute atomic E-state index is 0. The topological polar surface area (TPSA) is 70.8 Å². The summed E-state index contributed by atoms with van der Waals surface area (Å²) in [6.07, 6.45) is 3.19. The second-order valence-electron chi connectivity index (χ2n) is 6.26. The minimum atomic E-state index is -0.00261. The fraction of sp³-hybridized carbons (Fsp3) is 0. The monoisotopic (exact) mass is 451 g/mol. The molecule has 4 nitrogen and oxygen atoms in total. The van der Waals surface area contributed by atoms with Crippen molar-refractivity contribution in [3.8, 4) is 11.5 Å². The fourth-order valence-electron chi connectivity index (χ4n) is 2.49. The van der Waals surface area contributed by atoms with Gasteiger partial charge in [0.1, 0.15) is 0 Å². The van der Waals surface area contributed by atoms with Crippen molar-refractivity contribution in [1.29, 1.82) is 0 Å². The van der Waals surface area contributed by atoms with Crippen molar-refractivity contribution < 1.29 is 27.0 Å². The third kappa shape index (κ3) is 7.93. The van der Waals surface area contributed by atoms with Gasteiger partial charge in [0, 0.05) is 12.4 Å². The van der Waals surface area contributed by atoms with Gasteiger partial charge in [-0.3, -0.25) is 9.98 Å². The Morgan fingerprint density at radius 2 is 0.774 bits per heavy atom. The van der Waals surface area contributed by atoms with E-state index in [-0.39, 0.29) is 28.3 Å². The molecule has 1 radical (unpaired) electrons. The molecule has 0 N–H and O–H groups in total. The summed E-state index contributed by atoms with van der Waals surface area (Å²) in [7, 11) is 0. The van der Waals surface area contributed by atoms with E-state index < -0.39 is 0 Å². The Balaban J connectivity index is 0.000000213.